The number of allylic oxidation sites excluding steroid dienone is 5. The molecule has 8 aromatic rings. The molecule has 334 valence electrons. The van der Waals surface area contributed by atoms with E-state index in [0.29, 0.717) is 11.8 Å². The van der Waals surface area contributed by atoms with Crippen LogP contribution >= 0.6 is 11.8 Å². The molecule has 0 amide bonds. The van der Waals surface area contributed by atoms with Gasteiger partial charge in [-0.2, -0.15) is 0 Å². The molecule has 19 heteroatoms. The van der Waals surface area contributed by atoms with Crippen molar-refractivity contribution in [2.45, 2.75) is 16.2 Å². The van der Waals surface area contributed by atoms with Gasteiger partial charge in [-0.1, -0.05) is 78.5 Å². The number of aromatic hydroxyl groups is 14. The first kappa shape index (κ1) is 43.0. The molecule has 16 nitrogen and oxygen atoms in total. The van der Waals surface area contributed by atoms with Crippen LogP contribution in [0.3, 0.4) is 0 Å². The van der Waals surface area contributed by atoms with Gasteiger partial charge in [0.1, 0.15) is 44.4 Å². The number of nitrogens with zero attached hydrogens (tertiary/aromatic N) is 2. The van der Waals surface area contributed by atoms with Gasteiger partial charge >= 0.3 is 0 Å². The van der Waals surface area contributed by atoms with Crippen molar-refractivity contribution in [3.63, 3.8) is 0 Å². The highest BCUT2D eigenvalue weighted by atomic mass is 32.2. The summed E-state index contributed by atoms with van der Waals surface area (Å²) in [6.07, 6.45) is 7.07. The maximum absolute atomic E-state index is 12.1. The van der Waals surface area contributed by atoms with E-state index >= 15 is 0 Å². The van der Waals surface area contributed by atoms with E-state index in [1.165, 1.54) is 4.90 Å². The molecule has 2 heterocycles. The molecule has 14 N–H and O–H groups in total. The third-order valence-corrected chi connectivity index (χ3v) is 13.3. The van der Waals surface area contributed by atoms with Crippen LogP contribution in [0, 0.1) is 0 Å². The Balaban J connectivity index is 1.18. The van der Waals surface area contributed by atoms with Crippen LogP contribution in [0.1, 0.15) is 12.0 Å². The van der Waals surface area contributed by atoms with E-state index in [2.05, 4.69) is 16.7 Å². The Morgan fingerprint density at radius 1 is 0.426 bits per heavy atom. The lowest BCUT2D eigenvalue weighted by atomic mass is 9.82. The van der Waals surface area contributed by atoms with E-state index in [9.17, 15) is 71.5 Å². The maximum atomic E-state index is 12.1. The first-order chi connectivity index (χ1) is 32.5. The summed E-state index contributed by atoms with van der Waals surface area (Å²) in [5.41, 5.74) is -1.13. The average molecular weight is 926 g/mol. The van der Waals surface area contributed by atoms with Crippen molar-refractivity contribution in [3.8, 4) is 108 Å². The Bertz CT molecular complexity index is 3430. The lowest BCUT2D eigenvalue weighted by molar-refractivity contribution is 0.329. The van der Waals surface area contributed by atoms with E-state index in [0.717, 1.165) is 38.6 Å². The molecule has 0 fully saturated rings. The molecule has 0 saturated carbocycles. The fourth-order valence-electron chi connectivity index (χ4n) is 8.87. The van der Waals surface area contributed by atoms with Crippen LogP contribution < -0.4 is 15.8 Å². The molecular formula is C49H32B2N2O14S. The van der Waals surface area contributed by atoms with Crippen LogP contribution in [0.5, 0.6) is 80.5 Å². The van der Waals surface area contributed by atoms with Gasteiger partial charge in [0, 0.05) is 27.7 Å². The summed E-state index contributed by atoms with van der Waals surface area (Å²) in [4.78, 5) is 0.384. The standard InChI is InChI=1S/C49H32B2N2O14S/c50-30-26(27-35(55)42(62)46(66)43(63)36(27)56)39(59)49-33(41(30)61)53(32-31(51)34(54)28(40(60)48(32)68-49)29-37(57)44(64)47(67)45(65)38(29)58)20-9-5-7-18(15-16-20)19-8-6-10-21(17-19)52-24-13-3-1-11-22(24)23-12-2-4-14-25(23)52/h1-4,6-17,54-67H,5H2. The Kier molecular flexibility index (Phi) is 9.68. The summed E-state index contributed by atoms with van der Waals surface area (Å²) in [7, 11) is 13.1. The lowest BCUT2D eigenvalue weighted by Gasteiger charge is -2.38. The van der Waals surface area contributed by atoms with Crippen LogP contribution in [0.2, 0.25) is 0 Å². The van der Waals surface area contributed by atoms with Gasteiger partial charge in [-0.25, -0.2) is 0 Å². The number of anilines is 2. The Hall–Kier alpha value is -8.96. The number of fused-ring (bicyclic) bond motifs is 5. The molecule has 0 unspecified atom stereocenters. The number of phenolic OH excluding ortho intramolecular Hbond substituents is 14. The van der Waals surface area contributed by atoms with Crippen molar-refractivity contribution in [3.05, 3.63) is 108 Å². The molecule has 1 aliphatic carbocycles. The zero-order valence-electron chi connectivity index (χ0n) is 34.7. The summed E-state index contributed by atoms with van der Waals surface area (Å²) in [6.45, 7) is 0. The highest BCUT2D eigenvalue weighted by molar-refractivity contribution is 8.00. The van der Waals surface area contributed by atoms with Crippen molar-refractivity contribution in [1.82, 2.24) is 4.57 Å². The van der Waals surface area contributed by atoms with Gasteiger partial charge in [0.25, 0.3) is 0 Å². The van der Waals surface area contributed by atoms with Crippen LogP contribution in [0.25, 0.3) is 55.3 Å². The van der Waals surface area contributed by atoms with Crippen LogP contribution in [-0.2, 0) is 0 Å². The third kappa shape index (κ3) is 5.91. The minimum absolute atomic E-state index is 0.161. The predicted molar refractivity (Wildman–Crippen MR) is 255 cm³/mol. The number of aromatic nitrogens is 1. The van der Waals surface area contributed by atoms with Gasteiger partial charge in [0.05, 0.1) is 43.2 Å². The maximum Gasteiger partial charge on any atom is 0.208 e. The van der Waals surface area contributed by atoms with E-state index in [1.807, 2.05) is 66.7 Å². The minimum atomic E-state index is -1.36. The Morgan fingerprint density at radius 2 is 0.912 bits per heavy atom. The van der Waals surface area contributed by atoms with E-state index < -0.39 is 123 Å². The van der Waals surface area contributed by atoms with Crippen molar-refractivity contribution >= 4 is 77.1 Å². The average Bonchev–Trinajstić information content (AvgIpc) is 3.48. The van der Waals surface area contributed by atoms with E-state index in [4.69, 9.17) is 15.7 Å². The van der Waals surface area contributed by atoms with Gasteiger partial charge in [-0.3, -0.25) is 0 Å². The lowest BCUT2D eigenvalue weighted by Crippen LogP contribution is -2.28. The first-order valence-electron chi connectivity index (χ1n) is 20.2. The SMILES string of the molecule is [B]c1c(O)c2c(c(O)c1-c1c(O)c(O)c(O)c(O)c1O)Sc1c(O)c(-c3c(O)c(O)c(O)c(O)c3O)c(O)c([B])c1N2C1=CCC=C(c2cccc(-n3c4ccccc4c4ccccc43)c2)C=C1. The number of phenols is 14. The molecule has 0 spiro atoms. The topological polar surface area (TPSA) is 291 Å². The second-order valence-corrected chi connectivity index (χ2v) is 16.8. The van der Waals surface area contributed by atoms with Gasteiger partial charge in [0.2, 0.25) is 34.5 Å². The molecule has 4 radical (unpaired) electrons. The molecule has 68 heavy (non-hydrogen) atoms. The van der Waals surface area contributed by atoms with E-state index in [-0.39, 0.29) is 23.5 Å². The molecule has 0 atom stereocenters. The summed E-state index contributed by atoms with van der Waals surface area (Å²) >= 11 is 0.427. The zero-order chi connectivity index (χ0) is 48.4. The van der Waals surface area contributed by atoms with Crippen LogP contribution in [0.15, 0.2) is 113 Å². The van der Waals surface area contributed by atoms with E-state index in [1.54, 1.807) is 18.2 Å². The highest BCUT2D eigenvalue weighted by Crippen LogP contribution is 2.66. The van der Waals surface area contributed by atoms with Crippen LogP contribution in [0.4, 0.5) is 11.4 Å². The Morgan fingerprint density at radius 3 is 1.49 bits per heavy atom. The van der Waals surface area contributed by atoms with Gasteiger partial charge < -0.3 is 81.0 Å². The fraction of sp³-hybridized carbons (Fsp3) is 0.0204. The van der Waals surface area contributed by atoms with Crippen molar-refractivity contribution in [2.24, 2.45) is 0 Å². The molecule has 10 rings (SSSR count). The molecule has 0 bridgehead atoms. The quantitative estimate of drug-likeness (QED) is 0.0465. The molecule has 7 aromatic carbocycles. The summed E-state index contributed by atoms with van der Waals surface area (Å²) in [5, 5.41) is 156. The highest BCUT2D eigenvalue weighted by Gasteiger charge is 2.41. The number of hydrogen-bond donors (Lipinski definition) is 14. The second-order valence-electron chi connectivity index (χ2n) is 15.8. The number of para-hydroxylation sites is 2. The number of benzene rings is 7. The van der Waals surface area contributed by atoms with Crippen molar-refractivity contribution < 1.29 is 71.5 Å². The number of rotatable bonds is 5. The molecular weight excluding hydrogens is 894 g/mol. The van der Waals surface area contributed by atoms with Gasteiger partial charge in [-0.15, -0.1) is 0 Å². The van der Waals surface area contributed by atoms with Gasteiger partial charge in [-0.05, 0) is 58.8 Å². The van der Waals surface area contributed by atoms with Gasteiger partial charge in [0.15, 0.2) is 23.0 Å². The van der Waals surface area contributed by atoms with Crippen LogP contribution in [-0.4, -0.2) is 91.8 Å². The van der Waals surface area contributed by atoms with Crippen molar-refractivity contribution in [1.29, 1.82) is 0 Å². The predicted octanol–water partition coefficient (Wildman–Crippen LogP) is 7.11. The fourth-order valence-corrected chi connectivity index (χ4v) is 10.1. The second kappa shape index (κ2) is 15.3. The molecule has 1 aliphatic heterocycles. The summed E-state index contributed by atoms with van der Waals surface area (Å²) in [5.74, 6) is -17.2. The first-order valence-corrected chi connectivity index (χ1v) is 21.1. The molecule has 1 aromatic heterocycles. The summed E-state index contributed by atoms with van der Waals surface area (Å²) in [6, 6.07) is 23.9. The monoisotopic (exact) mass is 926 g/mol. The molecule has 0 saturated heterocycles. The largest absolute Gasteiger partial charge is 0.508 e. The number of hydrogen-bond acceptors (Lipinski definition) is 16. The summed E-state index contributed by atoms with van der Waals surface area (Å²) < 4.78 is 2.16. The zero-order valence-corrected chi connectivity index (χ0v) is 35.5. The smallest absolute Gasteiger partial charge is 0.208 e. The Labute approximate surface area is 389 Å². The molecule has 2 aliphatic rings. The minimum Gasteiger partial charge on any atom is -0.508 e. The normalized spacial score (nSPS) is 13.3. The third-order valence-electron chi connectivity index (χ3n) is 12.1. The van der Waals surface area contributed by atoms with Crippen molar-refractivity contribution in [2.75, 3.05) is 4.90 Å².